The highest BCUT2D eigenvalue weighted by Gasteiger charge is 2.49. The summed E-state index contributed by atoms with van der Waals surface area (Å²) < 4.78 is 32.4. The third-order valence-electron chi connectivity index (χ3n) is 3.84. The van der Waals surface area contributed by atoms with Gasteiger partial charge in [-0.15, -0.1) is 0 Å². The number of sulfonamides is 1. The number of rotatable bonds is 4. The Labute approximate surface area is 149 Å². The highest BCUT2D eigenvalue weighted by Crippen LogP contribution is 2.40. The second-order valence-electron chi connectivity index (χ2n) is 5.54. The normalized spacial score (nSPS) is 20.5. The van der Waals surface area contributed by atoms with Crippen LogP contribution in [0.25, 0.3) is 0 Å². The molecule has 0 fully saturated rings. The first-order valence-corrected chi connectivity index (χ1v) is 9.12. The lowest BCUT2D eigenvalue weighted by Gasteiger charge is -2.24. The average Bonchev–Trinajstić information content (AvgIpc) is 2.80. The largest absolute Gasteiger partial charge is 0.501 e. The molecule has 1 aliphatic heterocycles. The van der Waals surface area contributed by atoms with E-state index < -0.39 is 33.0 Å². The van der Waals surface area contributed by atoms with Gasteiger partial charge in [-0.05, 0) is 25.1 Å². The topological polar surface area (TPSA) is 92.7 Å². The summed E-state index contributed by atoms with van der Waals surface area (Å²) in [5.74, 6) is -2.12. The molecule has 6 nitrogen and oxygen atoms in total. The van der Waals surface area contributed by atoms with Gasteiger partial charge in [-0.2, -0.15) is 0 Å². The molecule has 0 radical (unpaired) electrons. The molecule has 1 heterocycles. The number of ketones is 1. The third kappa shape index (κ3) is 2.96. The standard InChI is InChI=1S/C17H14ClNO5S/c1-17(12-9-5-6-10-13(12)18)15(21)14(20)16(24-17)19-25(22,23)11-7-3-2-4-8-11/h2-10,19-20H,1H3. The van der Waals surface area contributed by atoms with Gasteiger partial charge in [0.2, 0.25) is 17.2 Å². The van der Waals surface area contributed by atoms with Gasteiger partial charge >= 0.3 is 0 Å². The van der Waals surface area contributed by atoms with E-state index in [1.54, 1.807) is 42.5 Å². The summed E-state index contributed by atoms with van der Waals surface area (Å²) in [6.45, 7) is 1.41. The predicted octanol–water partition coefficient (Wildman–Crippen LogP) is 2.86. The smallest absolute Gasteiger partial charge is 0.264 e. The molecule has 0 aliphatic carbocycles. The quantitative estimate of drug-likeness (QED) is 0.852. The number of ether oxygens (including phenoxy) is 1. The molecule has 2 N–H and O–H groups in total. The first kappa shape index (κ1) is 17.3. The molecule has 0 amide bonds. The number of Topliss-reactive ketones (excluding diaryl/α,β-unsaturated/α-hetero) is 1. The number of nitrogens with one attached hydrogen (secondary N) is 1. The Hall–Kier alpha value is -2.51. The molecule has 0 bridgehead atoms. The summed E-state index contributed by atoms with van der Waals surface area (Å²) >= 11 is 6.11. The Kier molecular flexibility index (Phi) is 4.22. The van der Waals surface area contributed by atoms with E-state index in [2.05, 4.69) is 4.72 Å². The monoisotopic (exact) mass is 379 g/mol. The van der Waals surface area contributed by atoms with E-state index in [1.165, 1.54) is 19.1 Å². The summed E-state index contributed by atoms with van der Waals surface area (Å²) in [6, 6.07) is 14.0. The lowest BCUT2D eigenvalue weighted by Crippen LogP contribution is -2.32. The van der Waals surface area contributed by atoms with Gasteiger partial charge in [-0.25, -0.2) is 13.1 Å². The van der Waals surface area contributed by atoms with Crippen LogP contribution in [-0.4, -0.2) is 19.3 Å². The van der Waals surface area contributed by atoms with Crippen molar-refractivity contribution in [3.8, 4) is 0 Å². The molecule has 25 heavy (non-hydrogen) atoms. The van der Waals surface area contributed by atoms with Crippen molar-refractivity contribution in [1.29, 1.82) is 0 Å². The molecule has 1 aliphatic rings. The van der Waals surface area contributed by atoms with Gasteiger partial charge in [0.25, 0.3) is 15.8 Å². The van der Waals surface area contributed by atoms with Crippen molar-refractivity contribution in [1.82, 2.24) is 4.72 Å². The van der Waals surface area contributed by atoms with Gasteiger partial charge in [0.1, 0.15) is 0 Å². The number of carbonyl (C=O) groups excluding carboxylic acids is 1. The minimum Gasteiger partial charge on any atom is -0.501 e. The Morgan fingerprint density at radius 2 is 1.68 bits per heavy atom. The average molecular weight is 380 g/mol. The van der Waals surface area contributed by atoms with Gasteiger partial charge in [-0.3, -0.25) is 4.79 Å². The fraction of sp³-hybridized carbons (Fsp3) is 0.118. The summed E-state index contributed by atoms with van der Waals surface area (Å²) in [5, 5.41) is 10.4. The van der Waals surface area contributed by atoms with Crippen LogP contribution in [0.2, 0.25) is 5.02 Å². The van der Waals surface area contributed by atoms with E-state index in [9.17, 15) is 18.3 Å². The SMILES string of the molecule is CC1(c2ccccc2Cl)OC(NS(=O)(=O)c2ccccc2)=C(O)C1=O. The first-order chi connectivity index (χ1) is 11.8. The van der Waals surface area contributed by atoms with E-state index >= 15 is 0 Å². The van der Waals surface area contributed by atoms with E-state index in [1.807, 2.05) is 0 Å². The zero-order valence-electron chi connectivity index (χ0n) is 13.1. The lowest BCUT2D eigenvalue weighted by atomic mass is 9.91. The molecular weight excluding hydrogens is 366 g/mol. The molecule has 8 heteroatoms. The highest BCUT2D eigenvalue weighted by atomic mass is 35.5. The van der Waals surface area contributed by atoms with Gasteiger partial charge in [0, 0.05) is 10.6 Å². The van der Waals surface area contributed by atoms with Crippen molar-refractivity contribution in [3.63, 3.8) is 0 Å². The van der Waals surface area contributed by atoms with Crippen molar-refractivity contribution in [3.05, 3.63) is 76.8 Å². The van der Waals surface area contributed by atoms with Crippen LogP contribution in [0, 0.1) is 0 Å². The number of hydrogen-bond acceptors (Lipinski definition) is 5. The van der Waals surface area contributed by atoms with Crippen LogP contribution in [0.4, 0.5) is 0 Å². The van der Waals surface area contributed by atoms with Crippen molar-refractivity contribution in [2.24, 2.45) is 0 Å². The number of benzene rings is 2. The molecule has 1 atom stereocenters. The Bertz CT molecular complexity index is 972. The van der Waals surface area contributed by atoms with E-state index in [0.29, 0.717) is 5.56 Å². The van der Waals surface area contributed by atoms with Crippen molar-refractivity contribution in [2.75, 3.05) is 0 Å². The van der Waals surface area contributed by atoms with Gasteiger partial charge in [-0.1, -0.05) is 48.0 Å². The van der Waals surface area contributed by atoms with Crippen LogP contribution in [0.1, 0.15) is 12.5 Å². The molecule has 1 unspecified atom stereocenters. The molecule has 2 aromatic carbocycles. The van der Waals surface area contributed by atoms with Crippen LogP contribution in [0.15, 0.2) is 71.1 Å². The number of halogens is 1. The minimum absolute atomic E-state index is 0.0299. The van der Waals surface area contributed by atoms with Gasteiger partial charge in [0.15, 0.2) is 0 Å². The van der Waals surface area contributed by atoms with Gasteiger partial charge in [0.05, 0.1) is 4.90 Å². The Balaban J connectivity index is 1.95. The maximum absolute atomic E-state index is 12.5. The van der Waals surface area contributed by atoms with Crippen LogP contribution in [0.5, 0.6) is 0 Å². The number of aliphatic hydroxyl groups excluding tert-OH is 1. The third-order valence-corrected chi connectivity index (χ3v) is 5.51. The summed E-state index contributed by atoms with van der Waals surface area (Å²) in [7, 11) is -4.02. The molecule has 0 saturated heterocycles. The summed E-state index contributed by atoms with van der Waals surface area (Å²) in [6.07, 6.45) is 0. The van der Waals surface area contributed by atoms with Crippen molar-refractivity contribution >= 4 is 27.4 Å². The predicted molar refractivity (Wildman–Crippen MR) is 91.3 cm³/mol. The number of hydrogen-bond donors (Lipinski definition) is 2. The molecule has 0 aromatic heterocycles. The van der Waals surface area contributed by atoms with Crippen LogP contribution in [-0.2, 0) is 25.2 Å². The Morgan fingerprint density at radius 1 is 1.08 bits per heavy atom. The second kappa shape index (κ2) is 6.09. The van der Waals surface area contributed by atoms with E-state index in [0.717, 1.165) is 0 Å². The van der Waals surface area contributed by atoms with Crippen molar-refractivity contribution < 1.29 is 23.1 Å². The molecule has 0 spiro atoms. The fourth-order valence-corrected chi connectivity index (χ4v) is 3.83. The summed E-state index contributed by atoms with van der Waals surface area (Å²) in [4.78, 5) is 12.5. The first-order valence-electron chi connectivity index (χ1n) is 7.25. The number of aliphatic hydroxyl groups is 1. The zero-order valence-corrected chi connectivity index (χ0v) is 14.6. The van der Waals surface area contributed by atoms with Gasteiger partial charge < -0.3 is 9.84 Å². The molecular formula is C17H14ClNO5S. The van der Waals surface area contributed by atoms with Crippen LogP contribution in [0.3, 0.4) is 0 Å². The maximum Gasteiger partial charge on any atom is 0.264 e. The van der Waals surface area contributed by atoms with Crippen molar-refractivity contribution in [2.45, 2.75) is 17.4 Å². The van der Waals surface area contributed by atoms with E-state index in [-0.39, 0.29) is 9.92 Å². The molecule has 0 saturated carbocycles. The zero-order chi connectivity index (χ0) is 18.2. The highest BCUT2D eigenvalue weighted by molar-refractivity contribution is 7.89. The minimum atomic E-state index is -4.02. The number of carbonyl (C=O) groups is 1. The maximum atomic E-state index is 12.5. The molecule has 3 rings (SSSR count). The van der Waals surface area contributed by atoms with Crippen LogP contribution < -0.4 is 4.72 Å². The molecule has 130 valence electrons. The second-order valence-corrected chi connectivity index (χ2v) is 7.63. The van der Waals surface area contributed by atoms with Crippen LogP contribution >= 0.6 is 11.6 Å². The Morgan fingerprint density at radius 3 is 2.32 bits per heavy atom. The fourth-order valence-electron chi connectivity index (χ4n) is 2.50. The summed E-state index contributed by atoms with van der Waals surface area (Å²) in [5.41, 5.74) is -1.31. The van der Waals surface area contributed by atoms with E-state index in [4.69, 9.17) is 16.3 Å². The molecule has 2 aromatic rings. The lowest BCUT2D eigenvalue weighted by molar-refractivity contribution is -0.131.